The lowest BCUT2D eigenvalue weighted by atomic mass is 9.77. The van der Waals surface area contributed by atoms with E-state index in [9.17, 15) is 9.59 Å². The number of allylic oxidation sites excluding steroid dienone is 2. The summed E-state index contributed by atoms with van der Waals surface area (Å²) in [6.07, 6.45) is 9.83. The Balaban J connectivity index is 1.62. The summed E-state index contributed by atoms with van der Waals surface area (Å²) in [5.41, 5.74) is 1.71. The highest BCUT2D eigenvalue weighted by Crippen LogP contribution is 2.32. The van der Waals surface area contributed by atoms with Gasteiger partial charge in [-0.15, -0.1) is 0 Å². The van der Waals surface area contributed by atoms with Crippen LogP contribution in [0.5, 0.6) is 23.0 Å². The molecule has 0 heterocycles. The first-order valence-corrected chi connectivity index (χ1v) is 11.4. The van der Waals surface area contributed by atoms with Crippen LogP contribution < -0.4 is 18.9 Å². The van der Waals surface area contributed by atoms with Gasteiger partial charge in [0, 0.05) is 11.8 Å². The zero-order valence-corrected chi connectivity index (χ0v) is 20.2. The van der Waals surface area contributed by atoms with Gasteiger partial charge in [0.15, 0.2) is 34.6 Å². The maximum Gasteiger partial charge on any atom is 0.161 e. The molecule has 1 aliphatic carbocycles. The molecule has 0 bridgehead atoms. The number of hydrogen-bond donors (Lipinski definition) is 0. The lowest BCUT2D eigenvalue weighted by molar-refractivity contribution is -0.122. The lowest BCUT2D eigenvalue weighted by Gasteiger charge is -2.25. The first kappa shape index (κ1) is 25.1. The molecule has 34 heavy (non-hydrogen) atoms. The smallest absolute Gasteiger partial charge is 0.161 e. The van der Waals surface area contributed by atoms with Gasteiger partial charge in [0.1, 0.15) is 0 Å². The molecule has 1 saturated carbocycles. The number of benzene rings is 2. The standard InChI is InChI=1S/C28H32O6/c1-31-25-14-10-19(16-27(25)33-3)8-12-23(29)21-6-5-7-22(18-21)24(30)13-9-20-11-15-26(32-2)28(17-20)34-4/h8-17,21-22H,5-7,18H2,1-4H3/b12-8+,13-9+/t21-,22-/m0/s1. The first-order valence-electron chi connectivity index (χ1n) is 11.4. The summed E-state index contributed by atoms with van der Waals surface area (Å²) in [5, 5.41) is 0. The fourth-order valence-electron chi connectivity index (χ4n) is 4.25. The first-order chi connectivity index (χ1) is 16.5. The SMILES string of the molecule is COc1ccc(/C=C/C(=O)[C@H]2CCC[C@H](C(=O)/C=C/c3ccc(OC)c(OC)c3)C2)cc1OC. The molecule has 1 aliphatic rings. The van der Waals surface area contributed by atoms with E-state index < -0.39 is 0 Å². The van der Waals surface area contributed by atoms with Gasteiger partial charge in [-0.05, 0) is 66.8 Å². The molecule has 0 N–H and O–H groups in total. The van der Waals surface area contributed by atoms with Gasteiger partial charge in [-0.25, -0.2) is 0 Å². The Morgan fingerprint density at radius 3 is 1.47 bits per heavy atom. The Morgan fingerprint density at radius 1 is 0.676 bits per heavy atom. The molecule has 0 aromatic heterocycles. The van der Waals surface area contributed by atoms with Crippen LogP contribution in [0.25, 0.3) is 12.2 Å². The fraction of sp³-hybridized carbons (Fsp3) is 0.357. The summed E-state index contributed by atoms with van der Waals surface area (Å²) in [6, 6.07) is 11.0. The van der Waals surface area contributed by atoms with Gasteiger partial charge in [-0.3, -0.25) is 9.59 Å². The zero-order chi connectivity index (χ0) is 24.5. The van der Waals surface area contributed by atoms with Crippen LogP contribution in [0.2, 0.25) is 0 Å². The number of carbonyl (C=O) groups is 2. The van der Waals surface area contributed by atoms with E-state index in [0.29, 0.717) is 29.4 Å². The summed E-state index contributed by atoms with van der Waals surface area (Å²) in [4.78, 5) is 25.7. The van der Waals surface area contributed by atoms with Crippen LogP contribution in [0.1, 0.15) is 36.8 Å². The molecule has 0 unspecified atom stereocenters. The summed E-state index contributed by atoms with van der Waals surface area (Å²) in [7, 11) is 6.33. The van der Waals surface area contributed by atoms with Crippen LogP contribution in [0, 0.1) is 11.8 Å². The van der Waals surface area contributed by atoms with E-state index in [4.69, 9.17) is 18.9 Å². The van der Waals surface area contributed by atoms with Crippen molar-refractivity contribution in [3.63, 3.8) is 0 Å². The average Bonchev–Trinajstić information content (AvgIpc) is 2.89. The van der Waals surface area contributed by atoms with Crippen molar-refractivity contribution in [2.75, 3.05) is 28.4 Å². The topological polar surface area (TPSA) is 71.1 Å². The summed E-state index contributed by atoms with van der Waals surface area (Å²) < 4.78 is 21.1. The van der Waals surface area contributed by atoms with Gasteiger partial charge in [-0.1, -0.05) is 30.7 Å². The van der Waals surface area contributed by atoms with Crippen LogP contribution in [-0.4, -0.2) is 40.0 Å². The number of ketones is 2. The minimum atomic E-state index is -0.145. The number of methoxy groups -OCH3 is 4. The Morgan fingerprint density at radius 2 is 1.09 bits per heavy atom. The third-order valence-electron chi connectivity index (χ3n) is 6.17. The van der Waals surface area contributed by atoms with Crippen LogP contribution in [0.15, 0.2) is 48.6 Å². The van der Waals surface area contributed by atoms with E-state index in [1.165, 1.54) is 0 Å². The second kappa shape index (κ2) is 12.1. The van der Waals surface area contributed by atoms with E-state index in [-0.39, 0.29) is 23.4 Å². The Bertz CT molecular complexity index is 985. The molecular formula is C28H32O6. The molecule has 0 amide bonds. The summed E-state index contributed by atoms with van der Waals surface area (Å²) in [5.74, 6) is 2.32. The molecule has 6 nitrogen and oxygen atoms in total. The highest BCUT2D eigenvalue weighted by atomic mass is 16.5. The Hall–Kier alpha value is -3.54. The van der Waals surface area contributed by atoms with Crippen molar-refractivity contribution in [1.82, 2.24) is 0 Å². The Labute approximate surface area is 201 Å². The van der Waals surface area contributed by atoms with Gasteiger partial charge < -0.3 is 18.9 Å². The summed E-state index contributed by atoms with van der Waals surface area (Å²) >= 11 is 0. The molecule has 6 heteroatoms. The molecule has 0 aliphatic heterocycles. The van der Waals surface area contributed by atoms with Crippen molar-refractivity contribution in [2.24, 2.45) is 11.8 Å². The van der Waals surface area contributed by atoms with Crippen molar-refractivity contribution >= 4 is 23.7 Å². The van der Waals surface area contributed by atoms with Gasteiger partial charge in [0.05, 0.1) is 28.4 Å². The van der Waals surface area contributed by atoms with Crippen LogP contribution in [-0.2, 0) is 9.59 Å². The predicted molar refractivity (Wildman–Crippen MR) is 133 cm³/mol. The highest BCUT2D eigenvalue weighted by molar-refractivity contribution is 5.98. The van der Waals surface area contributed by atoms with Crippen LogP contribution >= 0.6 is 0 Å². The minimum Gasteiger partial charge on any atom is -0.493 e. The van der Waals surface area contributed by atoms with Crippen LogP contribution in [0.3, 0.4) is 0 Å². The molecule has 2 aromatic rings. The van der Waals surface area contributed by atoms with Gasteiger partial charge in [0.2, 0.25) is 0 Å². The van der Waals surface area contributed by atoms with Gasteiger partial charge in [0.25, 0.3) is 0 Å². The quantitative estimate of drug-likeness (QED) is 0.439. The van der Waals surface area contributed by atoms with Crippen molar-refractivity contribution < 1.29 is 28.5 Å². The molecule has 180 valence electrons. The number of hydrogen-bond acceptors (Lipinski definition) is 6. The van der Waals surface area contributed by atoms with E-state index in [2.05, 4.69) is 0 Å². The number of ether oxygens (including phenoxy) is 4. The van der Waals surface area contributed by atoms with Gasteiger partial charge in [-0.2, -0.15) is 0 Å². The second-order valence-corrected chi connectivity index (χ2v) is 8.26. The van der Waals surface area contributed by atoms with Crippen molar-refractivity contribution in [2.45, 2.75) is 25.7 Å². The van der Waals surface area contributed by atoms with Gasteiger partial charge >= 0.3 is 0 Å². The molecule has 1 fully saturated rings. The van der Waals surface area contributed by atoms with Crippen molar-refractivity contribution in [1.29, 1.82) is 0 Å². The molecule has 3 rings (SSSR count). The molecular weight excluding hydrogens is 432 g/mol. The maximum absolute atomic E-state index is 12.8. The van der Waals surface area contributed by atoms with Crippen molar-refractivity contribution in [3.8, 4) is 23.0 Å². The molecule has 0 spiro atoms. The summed E-state index contributed by atoms with van der Waals surface area (Å²) in [6.45, 7) is 0. The number of carbonyl (C=O) groups excluding carboxylic acids is 2. The van der Waals surface area contributed by atoms with E-state index in [1.807, 2.05) is 36.4 Å². The van der Waals surface area contributed by atoms with Crippen LogP contribution in [0.4, 0.5) is 0 Å². The largest absolute Gasteiger partial charge is 0.493 e. The third-order valence-corrected chi connectivity index (χ3v) is 6.17. The second-order valence-electron chi connectivity index (χ2n) is 8.26. The highest BCUT2D eigenvalue weighted by Gasteiger charge is 2.29. The monoisotopic (exact) mass is 464 g/mol. The van der Waals surface area contributed by atoms with E-state index in [0.717, 1.165) is 30.4 Å². The predicted octanol–water partition coefficient (Wildman–Crippen LogP) is 5.39. The average molecular weight is 465 g/mol. The van der Waals surface area contributed by atoms with E-state index >= 15 is 0 Å². The lowest BCUT2D eigenvalue weighted by Crippen LogP contribution is -2.25. The maximum atomic E-state index is 12.8. The Kier molecular flexibility index (Phi) is 8.91. The third kappa shape index (κ3) is 6.28. The normalized spacial score (nSPS) is 18.1. The minimum absolute atomic E-state index is 0.0520. The molecule has 2 aromatic carbocycles. The zero-order valence-electron chi connectivity index (χ0n) is 20.2. The molecule has 2 atom stereocenters. The van der Waals surface area contributed by atoms with E-state index in [1.54, 1.807) is 52.7 Å². The molecule has 0 saturated heterocycles. The molecule has 0 radical (unpaired) electrons. The number of rotatable bonds is 10. The fourth-order valence-corrected chi connectivity index (χ4v) is 4.25. The van der Waals surface area contributed by atoms with Crippen molar-refractivity contribution in [3.05, 3.63) is 59.7 Å².